The summed E-state index contributed by atoms with van der Waals surface area (Å²) in [6.45, 7) is 1.52. The molecular weight excluding hydrogens is 272 g/mol. The Bertz CT molecular complexity index is 538. The fraction of sp³-hybridized carbons (Fsp3) is 0.467. The van der Waals surface area contributed by atoms with Crippen molar-refractivity contribution in [1.29, 1.82) is 0 Å². The van der Waals surface area contributed by atoms with Crippen molar-refractivity contribution in [2.45, 2.75) is 12.8 Å². The minimum absolute atomic E-state index is 0.00941. The lowest BCUT2D eigenvalue weighted by molar-refractivity contribution is -0.130. The monoisotopic (exact) mass is 292 g/mol. The van der Waals surface area contributed by atoms with Crippen molar-refractivity contribution >= 4 is 11.8 Å². The van der Waals surface area contributed by atoms with Crippen LogP contribution in [0.2, 0.25) is 0 Å². The van der Waals surface area contributed by atoms with Crippen molar-refractivity contribution in [3.63, 3.8) is 0 Å². The van der Waals surface area contributed by atoms with Crippen LogP contribution in [0.3, 0.4) is 0 Å². The van der Waals surface area contributed by atoms with E-state index in [0.717, 1.165) is 25.9 Å². The third-order valence-corrected chi connectivity index (χ3v) is 3.61. The molecule has 6 heteroatoms. The number of likely N-dealkylation sites (tertiary alicyclic amines) is 1. The van der Waals surface area contributed by atoms with Crippen LogP contribution >= 0.6 is 0 Å². The van der Waals surface area contributed by atoms with E-state index >= 15 is 0 Å². The molecule has 0 radical (unpaired) electrons. The molecule has 2 amide bonds. The topological polar surface area (TPSA) is 70.1 Å². The summed E-state index contributed by atoms with van der Waals surface area (Å²) in [5.74, 6) is -0.110. The smallest absolute Gasteiger partial charge is 0.257 e. The van der Waals surface area contributed by atoms with E-state index in [2.05, 4.69) is 0 Å². The number of carbonyl (C=O) groups excluding carboxylic acids is 2. The first-order valence-electron chi connectivity index (χ1n) is 6.93. The van der Waals surface area contributed by atoms with E-state index in [1.54, 1.807) is 18.0 Å². The van der Waals surface area contributed by atoms with Gasteiger partial charge < -0.3 is 19.6 Å². The van der Waals surface area contributed by atoms with Gasteiger partial charge in [0.2, 0.25) is 5.91 Å². The van der Waals surface area contributed by atoms with E-state index in [1.807, 2.05) is 0 Å². The SMILES string of the molecule is COc1ccc(O)c(C(=O)N(C)CC(=O)N2CCCC2)c1. The Morgan fingerprint density at radius 2 is 2.00 bits per heavy atom. The quantitative estimate of drug-likeness (QED) is 0.902. The van der Waals surface area contributed by atoms with E-state index in [9.17, 15) is 14.7 Å². The van der Waals surface area contributed by atoms with Crippen molar-refractivity contribution in [2.75, 3.05) is 33.8 Å². The third kappa shape index (κ3) is 3.45. The van der Waals surface area contributed by atoms with Crippen LogP contribution in [-0.2, 0) is 4.79 Å². The average molecular weight is 292 g/mol. The van der Waals surface area contributed by atoms with Gasteiger partial charge in [-0.1, -0.05) is 0 Å². The number of benzene rings is 1. The maximum atomic E-state index is 12.3. The van der Waals surface area contributed by atoms with Gasteiger partial charge in [-0.3, -0.25) is 9.59 Å². The Kier molecular flexibility index (Phi) is 4.67. The van der Waals surface area contributed by atoms with Crippen LogP contribution in [0.4, 0.5) is 0 Å². The Hall–Kier alpha value is -2.24. The van der Waals surface area contributed by atoms with Crippen LogP contribution in [0, 0.1) is 0 Å². The molecule has 0 aromatic heterocycles. The first-order chi connectivity index (χ1) is 10.0. The number of amides is 2. The highest BCUT2D eigenvalue weighted by atomic mass is 16.5. The molecule has 1 aliphatic rings. The number of carbonyl (C=O) groups is 2. The van der Waals surface area contributed by atoms with Gasteiger partial charge in [0.05, 0.1) is 19.2 Å². The molecule has 0 saturated carbocycles. The van der Waals surface area contributed by atoms with Crippen LogP contribution in [-0.4, -0.2) is 60.5 Å². The number of likely N-dealkylation sites (N-methyl/N-ethyl adjacent to an activating group) is 1. The maximum Gasteiger partial charge on any atom is 0.257 e. The molecule has 1 aromatic rings. The van der Waals surface area contributed by atoms with Gasteiger partial charge in [-0.25, -0.2) is 0 Å². The van der Waals surface area contributed by atoms with Crippen molar-refractivity contribution in [1.82, 2.24) is 9.80 Å². The molecule has 0 spiro atoms. The standard InChI is InChI=1S/C15H20N2O4/c1-16(10-14(19)17-7-3-4-8-17)15(20)12-9-11(21-2)5-6-13(12)18/h5-6,9,18H,3-4,7-8,10H2,1-2H3. The van der Waals surface area contributed by atoms with Gasteiger partial charge in [0.25, 0.3) is 5.91 Å². The summed E-state index contributed by atoms with van der Waals surface area (Å²) < 4.78 is 5.05. The molecule has 0 aliphatic carbocycles. The average Bonchev–Trinajstić information content (AvgIpc) is 3.01. The minimum atomic E-state index is -0.404. The molecule has 1 fully saturated rings. The second-order valence-electron chi connectivity index (χ2n) is 5.13. The van der Waals surface area contributed by atoms with Gasteiger partial charge in [0.1, 0.15) is 11.5 Å². The fourth-order valence-electron chi connectivity index (χ4n) is 2.36. The van der Waals surface area contributed by atoms with E-state index in [4.69, 9.17) is 4.74 Å². The molecule has 2 rings (SSSR count). The van der Waals surface area contributed by atoms with Crippen molar-refractivity contribution in [3.05, 3.63) is 23.8 Å². The largest absolute Gasteiger partial charge is 0.507 e. The number of nitrogens with zero attached hydrogens (tertiary/aromatic N) is 2. The molecule has 114 valence electrons. The molecule has 1 aliphatic heterocycles. The normalized spacial score (nSPS) is 14.1. The molecule has 6 nitrogen and oxygen atoms in total. The van der Waals surface area contributed by atoms with Crippen LogP contribution in [0.5, 0.6) is 11.5 Å². The second kappa shape index (κ2) is 6.47. The molecule has 0 atom stereocenters. The number of hydrogen-bond acceptors (Lipinski definition) is 4. The highest BCUT2D eigenvalue weighted by molar-refractivity contribution is 5.98. The van der Waals surface area contributed by atoms with Crippen molar-refractivity contribution < 1.29 is 19.4 Å². The van der Waals surface area contributed by atoms with Crippen LogP contribution in [0.15, 0.2) is 18.2 Å². The fourth-order valence-corrected chi connectivity index (χ4v) is 2.36. The van der Waals surface area contributed by atoms with E-state index in [1.165, 1.54) is 24.1 Å². The van der Waals surface area contributed by atoms with Gasteiger partial charge in [0, 0.05) is 20.1 Å². The molecule has 0 bridgehead atoms. The Labute approximate surface area is 123 Å². The van der Waals surface area contributed by atoms with E-state index in [-0.39, 0.29) is 23.8 Å². The third-order valence-electron chi connectivity index (χ3n) is 3.61. The number of aromatic hydroxyl groups is 1. The first-order valence-corrected chi connectivity index (χ1v) is 6.93. The number of ether oxygens (including phenoxy) is 1. The first kappa shape index (κ1) is 15.2. The molecule has 21 heavy (non-hydrogen) atoms. The lowest BCUT2D eigenvalue weighted by Crippen LogP contribution is -2.39. The van der Waals surface area contributed by atoms with Crippen molar-refractivity contribution in [2.24, 2.45) is 0 Å². The molecule has 1 saturated heterocycles. The Morgan fingerprint density at radius 1 is 1.33 bits per heavy atom. The van der Waals surface area contributed by atoms with E-state index < -0.39 is 5.91 Å². The van der Waals surface area contributed by atoms with Crippen molar-refractivity contribution in [3.8, 4) is 11.5 Å². The number of methoxy groups -OCH3 is 1. The zero-order valence-corrected chi connectivity index (χ0v) is 12.3. The predicted molar refractivity (Wildman–Crippen MR) is 77.4 cm³/mol. The molecular formula is C15H20N2O4. The van der Waals surface area contributed by atoms with Crippen LogP contribution < -0.4 is 4.74 Å². The lowest BCUT2D eigenvalue weighted by Gasteiger charge is -2.21. The zero-order chi connectivity index (χ0) is 15.4. The van der Waals surface area contributed by atoms with Crippen LogP contribution in [0.1, 0.15) is 23.2 Å². The van der Waals surface area contributed by atoms with Crippen LogP contribution in [0.25, 0.3) is 0 Å². The van der Waals surface area contributed by atoms with Gasteiger partial charge in [-0.05, 0) is 31.0 Å². The zero-order valence-electron chi connectivity index (χ0n) is 12.3. The molecule has 1 heterocycles. The summed E-state index contributed by atoms with van der Waals surface area (Å²) in [7, 11) is 3.04. The summed E-state index contributed by atoms with van der Waals surface area (Å²) in [4.78, 5) is 27.4. The summed E-state index contributed by atoms with van der Waals surface area (Å²) >= 11 is 0. The minimum Gasteiger partial charge on any atom is -0.507 e. The summed E-state index contributed by atoms with van der Waals surface area (Å²) in [6, 6.07) is 4.44. The van der Waals surface area contributed by atoms with Gasteiger partial charge in [0.15, 0.2) is 0 Å². The molecule has 0 unspecified atom stereocenters. The van der Waals surface area contributed by atoms with E-state index in [0.29, 0.717) is 5.75 Å². The lowest BCUT2D eigenvalue weighted by atomic mass is 10.1. The summed E-state index contributed by atoms with van der Waals surface area (Å²) in [5.41, 5.74) is 0.131. The highest BCUT2D eigenvalue weighted by Gasteiger charge is 2.23. The number of phenolic OH excluding ortho intramolecular Hbond substituents is 1. The number of phenols is 1. The number of hydrogen-bond donors (Lipinski definition) is 1. The predicted octanol–water partition coefficient (Wildman–Crippen LogP) is 1.10. The maximum absolute atomic E-state index is 12.3. The summed E-state index contributed by atoms with van der Waals surface area (Å²) in [6.07, 6.45) is 2.03. The highest BCUT2D eigenvalue weighted by Crippen LogP contribution is 2.24. The van der Waals surface area contributed by atoms with Gasteiger partial charge >= 0.3 is 0 Å². The Balaban J connectivity index is 2.06. The summed E-state index contributed by atoms with van der Waals surface area (Å²) in [5, 5.41) is 9.80. The Morgan fingerprint density at radius 3 is 2.62 bits per heavy atom. The second-order valence-corrected chi connectivity index (χ2v) is 5.13. The van der Waals surface area contributed by atoms with Gasteiger partial charge in [-0.15, -0.1) is 0 Å². The van der Waals surface area contributed by atoms with Gasteiger partial charge in [-0.2, -0.15) is 0 Å². The molecule has 1 N–H and O–H groups in total. The molecule has 1 aromatic carbocycles. The number of rotatable bonds is 4.